The molecule has 0 aliphatic rings. The molecule has 1 N–H and O–H groups in total. The Kier molecular flexibility index (Phi) is 8.73. The molecule has 3 aromatic rings. The number of hydrogen-bond donors (Lipinski definition) is 1. The number of nitrogens with zero attached hydrogens (tertiary/aromatic N) is 2. The van der Waals surface area contributed by atoms with Crippen molar-refractivity contribution in [2.45, 2.75) is 11.2 Å². The molecule has 0 spiro atoms. The molecule has 0 radical (unpaired) electrons. The highest BCUT2D eigenvalue weighted by Gasteiger charge is 2.36. The number of ether oxygens (including phenoxy) is 4. The van der Waals surface area contributed by atoms with Gasteiger partial charge in [0.05, 0.1) is 51.0 Å². The minimum Gasteiger partial charge on any atom is -0.497 e. The molecule has 1 amide bonds. The number of rotatable bonds is 9. The average Bonchev–Trinajstić information content (AvgIpc) is 2.90. The molecule has 0 fully saturated rings. The minimum atomic E-state index is -4.80. The van der Waals surface area contributed by atoms with E-state index in [2.05, 4.69) is 10.3 Å². The van der Waals surface area contributed by atoms with Crippen molar-refractivity contribution in [2.24, 2.45) is 0 Å². The predicted molar refractivity (Wildman–Crippen MR) is 131 cm³/mol. The van der Waals surface area contributed by atoms with Gasteiger partial charge in [0.25, 0.3) is 0 Å². The molecule has 37 heavy (non-hydrogen) atoms. The van der Waals surface area contributed by atoms with Crippen molar-refractivity contribution in [1.82, 2.24) is 4.98 Å². The van der Waals surface area contributed by atoms with Crippen LogP contribution in [0.2, 0.25) is 0 Å². The highest BCUT2D eigenvalue weighted by Crippen LogP contribution is 2.40. The number of amides is 1. The van der Waals surface area contributed by atoms with Gasteiger partial charge in [-0.15, -0.1) is 0 Å². The quantitative estimate of drug-likeness (QED) is 0.365. The van der Waals surface area contributed by atoms with Gasteiger partial charge in [0, 0.05) is 23.4 Å². The lowest BCUT2D eigenvalue weighted by atomic mass is 10.1. The zero-order valence-electron chi connectivity index (χ0n) is 20.2. The van der Waals surface area contributed by atoms with Gasteiger partial charge in [0.1, 0.15) is 16.8 Å². The third-order valence-corrected chi connectivity index (χ3v) is 6.05. The van der Waals surface area contributed by atoms with Crippen LogP contribution in [-0.2, 0) is 11.0 Å². The summed E-state index contributed by atoms with van der Waals surface area (Å²) in [6.07, 6.45) is -4.80. The molecular formula is C25H22F3N3O5S. The zero-order chi connectivity index (χ0) is 27.2. The lowest BCUT2D eigenvalue weighted by molar-refractivity contribution is -0.138. The van der Waals surface area contributed by atoms with Crippen molar-refractivity contribution >= 4 is 23.4 Å². The average molecular weight is 534 g/mol. The SMILES string of the molecule is COc1ccc(-c2cc(C(F)(F)F)c(C#N)c(SCC(=O)Nc3cc(OC)c(OC)c(OC)c3)n2)cc1. The maximum atomic E-state index is 13.8. The van der Waals surface area contributed by atoms with Crippen LogP contribution in [0.5, 0.6) is 23.0 Å². The summed E-state index contributed by atoms with van der Waals surface area (Å²) in [6, 6.07) is 11.7. The molecule has 12 heteroatoms. The molecule has 0 unspecified atom stereocenters. The molecule has 0 aliphatic carbocycles. The highest BCUT2D eigenvalue weighted by molar-refractivity contribution is 8.00. The van der Waals surface area contributed by atoms with Gasteiger partial charge in [-0.05, 0) is 30.3 Å². The smallest absolute Gasteiger partial charge is 0.417 e. The third kappa shape index (κ3) is 6.37. The summed E-state index contributed by atoms with van der Waals surface area (Å²) in [5, 5.41) is 11.9. The molecule has 2 aromatic carbocycles. The van der Waals surface area contributed by atoms with Crippen LogP contribution in [0.3, 0.4) is 0 Å². The number of carbonyl (C=O) groups excluding carboxylic acids is 1. The molecule has 0 bridgehead atoms. The monoisotopic (exact) mass is 533 g/mol. The van der Waals surface area contributed by atoms with Gasteiger partial charge in [-0.3, -0.25) is 4.79 Å². The first-order valence-electron chi connectivity index (χ1n) is 10.5. The molecule has 194 valence electrons. The van der Waals surface area contributed by atoms with E-state index in [1.807, 2.05) is 0 Å². The van der Waals surface area contributed by atoms with Gasteiger partial charge in [-0.2, -0.15) is 18.4 Å². The number of aromatic nitrogens is 1. The Morgan fingerprint density at radius 3 is 2.11 bits per heavy atom. The van der Waals surface area contributed by atoms with Crippen molar-refractivity contribution in [2.75, 3.05) is 39.5 Å². The normalized spacial score (nSPS) is 10.9. The Morgan fingerprint density at radius 1 is 1.00 bits per heavy atom. The van der Waals surface area contributed by atoms with Crippen LogP contribution in [0.1, 0.15) is 11.1 Å². The number of anilines is 1. The summed E-state index contributed by atoms with van der Waals surface area (Å²) >= 11 is 0.716. The van der Waals surface area contributed by atoms with Crippen molar-refractivity contribution in [3.8, 4) is 40.3 Å². The Balaban J connectivity index is 1.91. The molecule has 0 saturated heterocycles. The summed E-state index contributed by atoms with van der Waals surface area (Å²) in [4.78, 5) is 16.9. The topological polar surface area (TPSA) is 103 Å². The van der Waals surface area contributed by atoms with Gasteiger partial charge >= 0.3 is 6.18 Å². The maximum absolute atomic E-state index is 13.8. The molecule has 1 heterocycles. The summed E-state index contributed by atoms with van der Waals surface area (Å²) in [5.74, 6) is 0.595. The fourth-order valence-corrected chi connectivity index (χ4v) is 4.15. The number of halogens is 3. The van der Waals surface area contributed by atoms with E-state index < -0.39 is 23.2 Å². The van der Waals surface area contributed by atoms with Crippen molar-refractivity contribution in [3.63, 3.8) is 0 Å². The summed E-state index contributed by atoms with van der Waals surface area (Å²) in [6.45, 7) is 0. The van der Waals surface area contributed by atoms with Crippen LogP contribution in [0.15, 0.2) is 47.5 Å². The second kappa shape index (κ2) is 11.7. The largest absolute Gasteiger partial charge is 0.497 e. The Morgan fingerprint density at radius 2 is 1.62 bits per heavy atom. The van der Waals surface area contributed by atoms with Crippen LogP contribution >= 0.6 is 11.8 Å². The molecule has 0 atom stereocenters. The molecular weight excluding hydrogens is 511 g/mol. The van der Waals surface area contributed by atoms with Gasteiger partial charge < -0.3 is 24.3 Å². The van der Waals surface area contributed by atoms with E-state index in [0.29, 0.717) is 46.0 Å². The zero-order valence-corrected chi connectivity index (χ0v) is 21.0. The Bertz CT molecular complexity index is 1300. The van der Waals surface area contributed by atoms with E-state index in [0.717, 1.165) is 6.07 Å². The van der Waals surface area contributed by atoms with Crippen LogP contribution in [-0.4, -0.2) is 45.1 Å². The van der Waals surface area contributed by atoms with E-state index in [4.69, 9.17) is 18.9 Å². The van der Waals surface area contributed by atoms with Gasteiger partial charge in [-0.1, -0.05) is 11.8 Å². The molecule has 0 aliphatic heterocycles. The second-order valence-electron chi connectivity index (χ2n) is 7.32. The van der Waals surface area contributed by atoms with E-state index in [-0.39, 0.29) is 16.5 Å². The predicted octanol–water partition coefficient (Wildman–Crippen LogP) is 5.40. The summed E-state index contributed by atoms with van der Waals surface area (Å²) in [5.41, 5.74) is -1.09. The van der Waals surface area contributed by atoms with Crippen LogP contribution < -0.4 is 24.3 Å². The number of alkyl halides is 3. The maximum Gasteiger partial charge on any atom is 0.417 e. The standard InChI is InChI=1S/C25H22F3N3O5S/c1-33-16-7-5-14(6-8-16)19-11-18(25(26,27)28)17(12-29)24(31-19)37-13-22(32)30-15-9-20(34-2)23(36-4)21(10-15)35-3/h5-11H,13H2,1-4H3,(H,30,32). The number of benzene rings is 2. The number of pyridine rings is 1. The number of nitriles is 1. The summed E-state index contributed by atoms with van der Waals surface area (Å²) < 4.78 is 62.2. The van der Waals surface area contributed by atoms with Crippen LogP contribution in [0.25, 0.3) is 11.3 Å². The Labute approximate surface area is 215 Å². The fourth-order valence-electron chi connectivity index (χ4n) is 3.35. The van der Waals surface area contributed by atoms with E-state index in [1.54, 1.807) is 30.3 Å². The highest BCUT2D eigenvalue weighted by atomic mass is 32.2. The second-order valence-corrected chi connectivity index (χ2v) is 8.29. The lowest BCUT2D eigenvalue weighted by Gasteiger charge is -2.15. The number of methoxy groups -OCH3 is 4. The van der Waals surface area contributed by atoms with E-state index in [9.17, 15) is 23.2 Å². The number of nitrogens with one attached hydrogen (secondary N) is 1. The van der Waals surface area contributed by atoms with Crippen LogP contribution in [0.4, 0.5) is 18.9 Å². The molecule has 1 aromatic heterocycles. The molecule has 8 nitrogen and oxygen atoms in total. The lowest BCUT2D eigenvalue weighted by Crippen LogP contribution is -2.15. The van der Waals surface area contributed by atoms with Gasteiger partial charge in [0.15, 0.2) is 11.5 Å². The first kappa shape index (κ1) is 27.5. The van der Waals surface area contributed by atoms with E-state index >= 15 is 0 Å². The van der Waals surface area contributed by atoms with Crippen molar-refractivity contribution < 1.29 is 36.9 Å². The molecule has 0 saturated carbocycles. The van der Waals surface area contributed by atoms with Crippen molar-refractivity contribution in [1.29, 1.82) is 5.26 Å². The summed E-state index contributed by atoms with van der Waals surface area (Å²) in [7, 11) is 5.74. The fraction of sp³-hybridized carbons (Fsp3) is 0.240. The van der Waals surface area contributed by atoms with Crippen LogP contribution in [0, 0.1) is 11.3 Å². The minimum absolute atomic E-state index is 0.00140. The number of thioether (sulfide) groups is 1. The number of hydrogen-bond acceptors (Lipinski definition) is 8. The first-order chi connectivity index (χ1) is 17.6. The third-order valence-electron chi connectivity index (χ3n) is 5.08. The van der Waals surface area contributed by atoms with Gasteiger partial charge in [0.2, 0.25) is 11.7 Å². The van der Waals surface area contributed by atoms with Gasteiger partial charge in [-0.25, -0.2) is 4.98 Å². The van der Waals surface area contributed by atoms with Crippen molar-refractivity contribution in [3.05, 3.63) is 53.6 Å². The Hall–Kier alpha value is -4.11. The molecule has 3 rings (SSSR count). The first-order valence-corrected chi connectivity index (χ1v) is 11.5. The van der Waals surface area contributed by atoms with E-state index in [1.165, 1.54) is 40.6 Å². The number of carbonyl (C=O) groups is 1.